The average Bonchev–Trinajstić information content (AvgIpc) is 2.50. The summed E-state index contributed by atoms with van der Waals surface area (Å²) < 4.78 is 11.7. The van der Waals surface area contributed by atoms with E-state index in [-0.39, 0.29) is 0 Å². The second-order valence-electron chi connectivity index (χ2n) is 5.25. The monoisotopic (exact) mass is 273 g/mol. The average molecular weight is 273 g/mol. The molecular weight excluding hydrogens is 250 g/mol. The predicted octanol–water partition coefficient (Wildman–Crippen LogP) is 4.26. The van der Waals surface area contributed by atoms with Crippen LogP contribution in [0.2, 0.25) is 0 Å². The summed E-state index contributed by atoms with van der Waals surface area (Å²) in [6, 6.07) is 6.14. The fourth-order valence-electron chi connectivity index (χ4n) is 2.46. The van der Waals surface area contributed by atoms with Gasteiger partial charge in [0.05, 0.1) is 12.7 Å². The predicted molar refractivity (Wildman–Crippen MR) is 80.3 cm³/mol. The van der Waals surface area contributed by atoms with E-state index in [0.717, 1.165) is 56.6 Å². The zero-order valence-electron chi connectivity index (χ0n) is 12.2. The molecule has 1 unspecified atom stereocenters. The van der Waals surface area contributed by atoms with Crippen molar-refractivity contribution in [3.8, 4) is 11.5 Å². The van der Waals surface area contributed by atoms with E-state index in [1.165, 1.54) is 5.56 Å². The molecule has 0 aliphatic carbocycles. The molecule has 0 amide bonds. The summed E-state index contributed by atoms with van der Waals surface area (Å²) in [6.07, 6.45) is 6.68. The van der Waals surface area contributed by atoms with Crippen LogP contribution in [0.25, 0.3) is 4.85 Å². The molecular formula is C17H23NO2. The van der Waals surface area contributed by atoms with Crippen LogP contribution in [0, 0.1) is 6.57 Å². The van der Waals surface area contributed by atoms with Crippen LogP contribution in [0.5, 0.6) is 11.5 Å². The Hall–Kier alpha value is -1.69. The summed E-state index contributed by atoms with van der Waals surface area (Å²) in [4.78, 5) is 3.35. The maximum Gasteiger partial charge on any atom is 0.214 e. The van der Waals surface area contributed by atoms with Gasteiger partial charge in [-0.05, 0) is 55.9 Å². The number of benzene rings is 1. The van der Waals surface area contributed by atoms with Gasteiger partial charge in [-0.25, -0.2) is 6.57 Å². The summed E-state index contributed by atoms with van der Waals surface area (Å²) >= 11 is 0. The first kappa shape index (κ1) is 14.7. The molecule has 1 atom stereocenters. The van der Waals surface area contributed by atoms with Crippen molar-refractivity contribution in [2.24, 2.45) is 0 Å². The third-order valence-corrected chi connectivity index (χ3v) is 3.70. The van der Waals surface area contributed by atoms with Crippen molar-refractivity contribution in [2.45, 2.75) is 51.6 Å². The van der Waals surface area contributed by atoms with E-state index in [0.29, 0.717) is 12.6 Å². The summed E-state index contributed by atoms with van der Waals surface area (Å²) in [6.45, 7) is 10.2. The number of fused-ring (bicyclic) bond motifs is 1. The molecule has 1 aromatic carbocycles. The molecule has 0 radical (unpaired) electrons. The van der Waals surface area contributed by atoms with Gasteiger partial charge in [0.2, 0.25) is 6.54 Å². The fraction of sp³-hybridized carbons (Fsp3) is 0.588. The Morgan fingerprint density at radius 2 is 2.25 bits per heavy atom. The van der Waals surface area contributed by atoms with Gasteiger partial charge in [0.15, 0.2) is 0 Å². The van der Waals surface area contributed by atoms with Crippen molar-refractivity contribution < 1.29 is 9.47 Å². The smallest absolute Gasteiger partial charge is 0.214 e. The largest absolute Gasteiger partial charge is 0.494 e. The van der Waals surface area contributed by atoms with Crippen molar-refractivity contribution in [1.29, 1.82) is 0 Å². The minimum Gasteiger partial charge on any atom is -0.494 e. The Morgan fingerprint density at radius 3 is 3.05 bits per heavy atom. The summed E-state index contributed by atoms with van der Waals surface area (Å²) in [5.74, 6) is 1.96. The standard InChI is InChI=1S/C17H23NO2/c1-3-15-8-7-14-13-16(9-10-17(14)20-15)19-12-6-4-5-11-18-2/h9-10,13,15H,3-8,11-12H2,1H3. The minimum atomic E-state index is 0.372. The maximum absolute atomic E-state index is 6.72. The summed E-state index contributed by atoms with van der Waals surface area (Å²) in [7, 11) is 0. The van der Waals surface area contributed by atoms with Gasteiger partial charge in [-0.15, -0.1) is 0 Å². The Kier molecular flexibility index (Phi) is 5.73. The Balaban J connectivity index is 1.78. The molecule has 0 spiro atoms. The van der Waals surface area contributed by atoms with Crippen molar-refractivity contribution in [3.63, 3.8) is 0 Å². The Bertz CT molecular complexity index is 465. The highest BCUT2D eigenvalue weighted by Crippen LogP contribution is 2.31. The number of aryl methyl sites for hydroxylation is 1. The number of rotatable bonds is 7. The molecule has 1 aliphatic rings. The van der Waals surface area contributed by atoms with Crippen LogP contribution >= 0.6 is 0 Å². The van der Waals surface area contributed by atoms with E-state index in [1.54, 1.807) is 0 Å². The lowest BCUT2D eigenvalue weighted by Gasteiger charge is -2.25. The van der Waals surface area contributed by atoms with Crippen LogP contribution in [0.3, 0.4) is 0 Å². The SMILES string of the molecule is [C-]#[N+]CCCCCOc1ccc2c(c1)CCC(CC)O2. The zero-order chi connectivity index (χ0) is 14.2. The zero-order valence-corrected chi connectivity index (χ0v) is 12.2. The van der Waals surface area contributed by atoms with Crippen LogP contribution in [-0.4, -0.2) is 19.3 Å². The second-order valence-corrected chi connectivity index (χ2v) is 5.25. The van der Waals surface area contributed by atoms with Gasteiger partial charge in [-0.2, -0.15) is 0 Å². The highest BCUT2D eigenvalue weighted by molar-refractivity contribution is 5.41. The normalized spacial score (nSPS) is 16.9. The van der Waals surface area contributed by atoms with Gasteiger partial charge >= 0.3 is 0 Å². The van der Waals surface area contributed by atoms with Crippen LogP contribution in [0.15, 0.2) is 18.2 Å². The lowest BCUT2D eigenvalue weighted by Crippen LogP contribution is -2.21. The lowest BCUT2D eigenvalue weighted by molar-refractivity contribution is 0.169. The molecule has 0 saturated carbocycles. The molecule has 3 heteroatoms. The van der Waals surface area contributed by atoms with E-state index in [9.17, 15) is 0 Å². The minimum absolute atomic E-state index is 0.372. The third kappa shape index (κ3) is 4.16. The molecule has 0 aromatic heterocycles. The van der Waals surface area contributed by atoms with E-state index in [4.69, 9.17) is 16.0 Å². The van der Waals surface area contributed by atoms with E-state index in [2.05, 4.69) is 17.8 Å². The summed E-state index contributed by atoms with van der Waals surface area (Å²) in [5.41, 5.74) is 1.26. The number of unbranched alkanes of at least 4 members (excludes halogenated alkanes) is 2. The Morgan fingerprint density at radius 1 is 1.35 bits per heavy atom. The van der Waals surface area contributed by atoms with Gasteiger partial charge in [-0.1, -0.05) is 6.92 Å². The maximum atomic E-state index is 6.72. The van der Waals surface area contributed by atoms with Gasteiger partial charge < -0.3 is 14.3 Å². The first-order valence-electron chi connectivity index (χ1n) is 7.59. The topological polar surface area (TPSA) is 22.8 Å². The summed E-state index contributed by atoms with van der Waals surface area (Å²) in [5, 5.41) is 0. The molecule has 1 aromatic rings. The van der Waals surface area contributed by atoms with Crippen molar-refractivity contribution in [2.75, 3.05) is 13.2 Å². The first-order chi connectivity index (χ1) is 9.83. The number of hydrogen-bond acceptors (Lipinski definition) is 2. The van der Waals surface area contributed by atoms with Crippen molar-refractivity contribution >= 4 is 0 Å². The number of hydrogen-bond donors (Lipinski definition) is 0. The van der Waals surface area contributed by atoms with Crippen LogP contribution < -0.4 is 9.47 Å². The molecule has 2 rings (SSSR count). The lowest BCUT2D eigenvalue weighted by atomic mass is 10.0. The fourth-order valence-corrected chi connectivity index (χ4v) is 2.46. The van der Waals surface area contributed by atoms with Crippen LogP contribution in [-0.2, 0) is 6.42 Å². The molecule has 0 fully saturated rings. The molecule has 1 aliphatic heterocycles. The van der Waals surface area contributed by atoms with Crippen molar-refractivity contribution in [3.05, 3.63) is 35.2 Å². The van der Waals surface area contributed by atoms with E-state index < -0.39 is 0 Å². The van der Waals surface area contributed by atoms with Crippen LogP contribution in [0.1, 0.15) is 44.6 Å². The van der Waals surface area contributed by atoms with Gasteiger partial charge in [-0.3, -0.25) is 0 Å². The first-order valence-corrected chi connectivity index (χ1v) is 7.59. The number of ether oxygens (including phenoxy) is 2. The highest BCUT2D eigenvalue weighted by Gasteiger charge is 2.18. The molecule has 0 N–H and O–H groups in total. The number of nitrogens with zero attached hydrogens (tertiary/aromatic N) is 1. The second kappa shape index (κ2) is 7.79. The van der Waals surface area contributed by atoms with Gasteiger partial charge in [0.1, 0.15) is 11.5 Å². The quantitative estimate of drug-likeness (QED) is 0.547. The van der Waals surface area contributed by atoms with Gasteiger partial charge in [0, 0.05) is 6.42 Å². The van der Waals surface area contributed by atoms with Gasteiger partial charge in [0.25, 0.3) is 0 Å². The molecule has 1 heterocycles. The van der Waals surface area contributed by atoms with Crippen LogP contribution in [0.4, 0.5) is 0 Å². The molecule has 108 valence electrons. The molecule has 0 bridgehead atoms. The van der Waals surface area contributed by atoms with Crippen molar-refractivity contribution in [1.82, 2.24) is 0 Å². The van der Waals surface area contributed by atoms with E-state index in [1.807, 2.05) is 12.1 Å². The third-order valence-electron chi connectivity index (χ3n) is 3.70. The Labute approximate surface area is 121 Å². The molecule has 3 nitrogen and oxygen atoms in total. The van der Waals surface area contributed by atoms with E-state index >= 15 is 0 Å². The molecule has 20 heavy (non-hydrogen) atoms. The highest BCUT2D eigenvalue weighted by atomic mass is 16.5. The molecule has 0 saturated heterocycles.